The maximum absolute atomic E-state index is 13.6. The van der Waals surface area contributed by atoms with Gasteiger partial charge in [-0.25, -0.2) is 13.2 Å². The van der Waals surface area contributed by atoms with E-state index in [1.807, 2.05) is 0 Å². The second-order valence-electron chi connectivity index (χ2n) is 4.31. The third kappa shape index (κ3) is 3.02. The number of nitrogens with zero attached hydrogens (tertiary/aromatic N) is 1. The van der Waals surface area contributed by atoms with Gasteiger partial charge in [-0.05, 0) is 18.2 Å². The molecule has 1 amide bonds. The third-order valence-electron chi connectivity index (χ3n) is 2.88. The molecule has 0 fully saturated rings. The summed E-state index contributed by atoms with van der Waals surface area (Å²) in [6, 6.07) is 5.62. The van der Waals surface area contributed by atoms with Crippen molar-refractivity contribution in [2.24, 2.45) is 0 Å². The maximum atomic E-state index is 13.6. The van der Waals surface area contributed by atoms with Crippen molar-refractivity contribution in [1.29, 1.82) is 0 Å². The van der Waals surface area contributed by atoms with Gasteiger partial charge in [0, 0.05) is 23.7 Å². The first kappa shape index (κ1) is 15.4. The zero-order chi connectivity index (χ0) is 15.7. The molecule has 0 bridgehead atoms. The molecule has 2 aromatic rings. The summed E-state index contributed by atoms with van der Waals surface area (Å²) < 4.78 is 40.8. The molecule has 3 nitrogen and oxygen atoms in total. The Kier molecular flexibility index (Phi) is 4.22. The van der Waals surface area contributed by atoms with Gasteiger partial charge >= 0.3 is 0 Å². The Morgan fingerprint density at radius 3 is 2.24 bits per heavy atom. The number of nitrogens with two attached hydrogens (primary N) is 1. The smallest absolute Gasteiger partial charge is 0.264 e. The minimum atomic E-state index is -1.26. The molecule has 7 heteroatoms. The van der Waals surface area contributed by atoms with Gasteiger partial charge in [0.25, 0.3) is 5.91 Å². The Hall–Kier alpha value is -2.02. The van der Waals surface area contributed by atoms with Crippen LogP contribution in [0, 0.1) is 17.5 Å². The van der Waals surface area contributed by atoms with Crippen LogP contribution in [0.15, 0.2) is 34.8 Å². The van der Waals surface area contributed by atoms with Gasteiger partial charge in [-0.15, -0.1) is 0 Å². The number of nitrogen functional groups attached to an aromatic ring is 1. The molecule has 2 N–H and O–H groups in total. The molecule has 0 saturated heterocycles. The lowest BCUT2D eigenvalue weighted by atomic mass is 10.1. The summed E-state index contributed by atoms with van der Waals surface area (Å²) in [6.45, 7) is 0. The molecule has 0 aliphatic carbocycles. The quantitative estimate of drug-likeness (QED) is 0.831. The molecule has 0 heterocycles. The topological polar surface area (TPSA) is 46.3 Å². The van der Waals surface area contributed by atoms with Gasteiger partial charge in [-0.2, -0.15) is 0 Å². The predicted molar refractivity (Wildman–Crippen MR) is 77.6 cm³/mol. The molecule has 0 unspecified atom stereocenters. The minimum absolute atomic E-state index is 0.253. The summed E-state index contributed by atoms with van der Waals surface area (Å²) in [5.74, 6) is -4.58. The van der Waals surface area contributed by atoms with E-state index in [1.165, 1.54) is 13.1 Å². The van der Waals surface area contributed by atoms with Crippen LogP contribution in [0.25, 0.3) is 0 Å². The second kappa shape index (κ2) is 5.77. The first-order valence-electron chi connectivity index (χ1n) is 5.79. The molecule has 0 aromatic heterocycles. The molecular formula is C14H10BrF3N2O. The van der Waals surface area contributed by atoms with Crippen molar-refractivity contribution < 1.29 is 18.0 Å². The Balaban J connectivity index is 2.45. The lowest BCUT2D eigenvalue weighted by Gasteiger charge is -2.20. The summed E-state index contributed by atoms with van der Waals surface area (Å²) in [4.78, 5) is 13.2. The highest BCUT2D eigenvalue weighted by Crippen LogP contribution is 2.28. The van der Waals surface area contributed by atoms with Gasteiger partial charge < -0.3 is 10.6 Å². The van der Waals surface area contributed by atoms with E-state index in [9.17, 15) is 18.0 Å². The molecular weight excluding hydrogens is 349 g/mol. The van der Waals surface area contributed by atoms with E-state index in [0.29, 0.717) is 16.6 Å². The zero-order valence-electron chi connectivity index (χ0n) is 10.8. The molecule has 2 aromatic carbocycles. The third-order valence-corrected chi connectivity index (χ3v) is 3.37. The summed E-state index contributed by atoms with van der Waals surface area (Å²) in [5.41, 5.74) is 5.47. The SMILES string of the molecule is CN(C(=O)c1c(F)cc(F)cc1F)c1ccc(Br)cc1N. The van der Waals surface area contributed by atoms with Crippen molar-refractivity contribution in [2.75, 3.05) is 17.7 Å². The van der Waals surface area contributed by atoms with Gasteiger partial charge in [-0.1, -0.05) is 15.9 Å². The van der Waals surface area contributed by atoms with Crippen molar-refractivity contribution in [3.63, 3.8) is 0 Å². The average Bonchev–Trinajstić information content (AvgIpc) is 2.36. The Bertz CT molecular complexity index is 698. The average molecular weight is 359 g/mol. The fourth-order valence-corrected chi connectivity index (χ4v) is 2.23. The molecule has 0 saturated carbocycles. The molecule has 0 aliphatic heterocycles. The predicted octanol–water partition coefficient (Wildman–Crippen LogP) is 3.73. The van der Waals surface area contributed by atoms with E-state index in [1.54, 1.807) is 12.1 Å². The lowest BCUT2D eigenvalue weighted by Crippen LogP contribution is -2.29. The lowest BCUT2D eigenvalue weighted by molar-refractivity contribution is 0.0985. The van der Waals surface area contributed by atoms with Crippen LogP contribution in [-0.4, -0.2) is 13.0 Å². The van der Waals surface area contributed by atoms with E-state index in [2.05, 4.69) is 15.9 Å². The van der Waals surface area contributed by atoms with Gasteiger partial charge in [0.2, 0.25) is 0 Å². The molecule has 2 rings (SSSR count). The number of carbonyl (C=O) groups is 1. The number of halogens is 4. The second-order valence-corrected chi connectivity index (χ2v) is 5.23. The first-order chi connectivity index (χ1) is 9.81. The van der Waals surface area contributed by atoms with Crippen LogP contribution in [0.3, 0.4) is 0 Å². The molecule has 110 valence electrons. The molecule has 0 atom stereocenters. The van der Waals surface area contributed by atoms with E-state index in [-0.39, 0.29) is 11.4 Å². The Morgan fingerprint density at radius 2 is 1.71 bits per heavy atom. The fraction of sp³-hybridized carbons (Fsp3) is 0.0714. The summed E-state index contributed by atoms with van der Waals surface area (Å²) in [7, 11) is 1.32. The number of amides is 1. The van der Waals surface area contributed by atoms with Crippen LogP contribution in [0.5, 0.6) is 0 Å². The Labute approximate surface area is 127 Å². The Morgan fingerprint density at radius 1 is 1.14 bits per heavy atom. The van der Waals surface area contributed by atoms with Gasteiger partial charge in [0.1, 0.15) is 23.0 Å². The first-order valence-corrected chi connectivity index (χ1v) is 6.58. The van der Waals surface area contributed by atoms with Crippen LogP contribution < -0.4 is 10.6 Å². The van der Waals surface area contributed by atoms with Crippen molar-refractivity contribution in [1.82, 2.24) is 0 Å². The highest BCUT2D eigenvalue weighted by atomic mass is 79.9. The summed E-state index contributed by atoms with van der Waals surface area (Å²) >= 11 is 3.21. The minimum Gasteiger partial charge on any atom is -0.397 e. The van der Waals surface area contributed by atoms with Gasteiger partial charge in [-0.3, -0.25) is 4.79 Å². The highest BCUT2D eigenvalue weighted by Gasteiger charge is 2.24. The van der Waals surface area contributed by atoms with Crippen molar-refractivity contribution in [3.05, 3.63) is 57.8 Å². The summed E-state index contributed by atoms with van der Waals surface area (Å²) in [5, 5.41) is 0. The van der Waals surface area contributed by atoms with E-state index < -0.39 is 28.9 Å². The number of anilines is 2. The standard InChI is InChI=1S/C14H10BrF3N2O/c1-20(12-3-2-7(15)4-11(12)19)14(21)13-9(17)5-8(16)6-10(13)18/h2-6H,19H2,1H3. The van der Waals surface area contributed by atoms with E-state index >= 15 is 0 Å². The monoisotopic (exact) mass is 358 g/mol. The van der Waals surface area contributed by atoms with Crippen molar-refractivity contribution in [2.45, 2.75) is 0 Å². The van der Waals surface area contributed by atoms with Crippen LogP contribution in [-0.2, 0) is 0 Å². The maximum Gasteiger partial charge on any atom is 0.264 e. The number of hydrogen-bond donors (Lipinski definition) is 1. The van der Waals surface area contributed by atoms with Crippen molar-refractivity contribution >= 4 is 33.2 Å². The van der Waals surface area contributed by atoms with E-state index in [4.69, 9.17) is 5.73 Å². The molecule has 0 aliphatic rings. The number of benzene rings is 2. The number of hydrogen-bond acceptors (Lipinski definition) is 2. The zero-order valence-corrected chi connectivity index (χ0v) is 12.4. The summed E-state index contributed by atoms with van der Waals surface area (Å²) in [6.07, 6.45) is 0. The largest absolute Gasteiger partial charge is 0.397 e. The molecule has 0 radical (unpaired) electrons. The van der Waals surface area contributed by atoms with E-state index in [0.717, 1.165) is 4.90 Å². The van der Waals surface area contributed by atoms with Gasteiger partial charge in [0.15, 0.2) is 0 Å². The van der Waals surface area contributed by atoms with Crippen LogP contribution in [0.2, 0.25) is 0 Å². The number of carbonyl (C=O) groups excluding carboxylic acids is 1. The van der Waals surface area contributed by atoms with Crippen LogP contribution in [0.4, 0.5) is 24.5 Å². The van der Waals surface area contributed by atoms with Crippen LogP contribution >= 0.6 is 15.9 Å². The normalized spacial score (nSPS) is 10.5. The number of rotatable bonds is 2. The van der Waals surface area contributed by atoms with Crippen LogP contribution in [0.1, 0.15) is 10.4 Å². The fourth-order valence-electron chi connectivity index (χ4n) is 1.85. The molecule has 21 heavy (non-hydrogen) atoms. The van der Waals surface area contributed by atoms with Crippen molar-refractivity contribution in [3.8, 4) is 0 Å². The molecule has 0 spiro atoms. The van der Waals surface area contributed by atoms with Gasteiger partial charge in [0.05, 0.1) is 11.4 Å². The highest BCUT2D eigenvalue weighted by molar-refractivity contribution is 9.10.